The van der Waals surface area contributed by atoms with Gasteiger partial charge in [-0.25, -0.2) is 0 Å². The molecule has 0 aliphatic carbocycles. The summed E-state index contributed by atoms with van der Waals surface area (Å²) in [4.78, 5) is 18.9. The first-order valence-electron chi connectivity index (χ1n) is 8.73. The number of carbonyl (C=O) groups is 1. The second-order valence-corrected chi connectivity index (χ2v) is 6.04. The number of pyridine rings is 1. The summed E-state index contributed by atoms with van der Waals surface area (Å²) < 4.78 is 10.7. The van der Waals surface area contributed by atoms with Gasteiger partial charge in [-0.05, 0) is 37.3 Å². The number of nitrogens with one attached hydrogen (secondary N) is 1. The van der Waals surface area contributed by atoms with Crippen LogP contribution in [0.25, 0.3) is 0 Å². The fourth-order valence-electron chi connectivity index (χ4n) is 2.97. The van der Waals surface area contributed by atoms with E-state index in [1.54, 1.807) is 23.4 Å². The number of rotatable bonds is 5. The van der Waals surface area contributed by atoms with Crippen molar-refractivity contribution >= 4 is 23.0 Å². The fraction of sp³-hybridized carbons (Fsp3) is 0.143. The highest BCUT2D eigenvalue weighted by molar-refractivity contribution is 6.06. The van der Waals surface area contributed by atoms with Crippen LogP contribution >= 0.6 is 0 Å². The normalized spacial score (nSPS) is 11.9. The van der Waals surface area contributed by atoms with Gasteiger partial charge in [0.1, 0.15) is 0 Å². The third-order valence-corrected chi connectivity index (χ3v) is 4.28. The molecule has 1 N–H and O–H groups in total. The molecule has 3 aromatic rings. The molecule has 1 aromatic heterocycles. The molecule has 2 heterocycles. The van der Waals surface area contributed by atoms with Crippen LogP contribution in [0.15, 0.2) is 67.0 Å². The molecule has 4 rings (SSSR count). The number of hydrogen-bond donors (Lipinski definition) is 1. The summed E-state index contributed by atoms with van der Waals surface area (Å²) in [6, 6.07) is 17.0. The van der Waals surface area contributed by atoms with Crippen molar-refractivity contribution in [1.29, 1.82) is 0 Å². The number of fused-ring (bicyclic) bond motifs is 1. The number of hydrogen-bond acceptors (Lipinski definition) is 5. The van der Waals surface area contributed by atoms with E-state index in [1.807, 2.05) is 55.5 Å². The van der Waals surface area contributed by atoms with E-state index in [2.05, 4.69) is 10.3 Å². The molecular formula is C21H19N3O3. The molecule has 2 aromatic carbocycles. The monoisotopic (exact) mass is 361 g/mol. The molecule has 27 heavy (non-hydrogen) atoms. The van der Waals surface area contributed by atoms with Crippen LogP contribution in [-0.2, 0) is 0 Å². The van der Waals surface area contributed by atoms with E-state index in [9.17, 15) is 4.79 Å². The van der Waals surface area contributed by atoms with E-state index in [4.69, 9.17) is 9.47 Å². The third kappa shape index (κ3) is 3.55. The molecule has 0 bridgehead atoms. The van der Waals surface area contributed by atoms with Crippen LogP contribution in [0.1, 0.15) is 17.3 Å². The summed E-state index contributed by atoms with van der Waals surface area (Å²) >= 11 is 0. The van der Waals surface area contributed by atoms with Crippen molar-refractivity contribution < 1.29 is 14.3 Å². The van der Waals surface area contributed by atoms with E-state index < -0.39 is 0 Å². The molecule has 0 saturated heterocycles. The number of aromatic nitrogens is 1. The zero-order valence-corrected chi connectivity index (χ0v) is 14.9. The standard InChI is InChI=1S/C21H19N3O3/c1-2-24(18-6-4-3-5-7-18)21(25)15-10-17(13-22-12-15)23-16-8-9-19-20(11-16)27-14-26-19/h3-13,23H,2,14H2,1H3. The van der Waals surface area contributed by atoms with Crippen molar-refractivity contribution in [1.82, 2.24) is 4.98 Å². The van der Waals surface area contributed by atoms with Gasteiger partial charge in [-0.3, -0.25) is 9.78 Å². The Morgan fingerprint density at radius 2 is 1.85 bits per heavy atom. The van der Waals surface area contributed by atoms with Crippen LogP contribution in [0.5, 0.6) is 11.5 Å². The van der Waals surface area contributed by atoms with Crippen molar-refractivity contribution in [2.45, 2.75) is 6.92 Å². The van der Waals surface area contributed by atoms with Crippen LogP contribution in [0, 0.1) is 0 Å². The zero-order valence-electron chi connectivity index (χ0n) is 14.9. The topological polar surface area (TPSA) is 63.7 Å². The van der Waals surface area contributed by atoms with E-state index in [-0.39, 0.29) is 12.7 Å². The minimum Gasteiger partial charge on any atom is -0.454 e. The number of amides is 1. The Hall–Kier alpha value is -3.54. The van der Waals surface area contributed by atoms with E-state index in [1.165, 1.54) is 0 Å². The van der Waals surface area contributed by atoms with Gasteiger partial charge < -0.3 is 19.7 Å². The maximum Gasteiger partial charge on any atom is 0.259 e. The summed E-state index contributed by atoms with van der Waals surface area (Å²) in [6.45, 7) is 2.76. The molecule has 0 fully saturated rings. The maximum absolute atomic E-state index is 13.0. The summed E-state index contributed by atoms with van der Waals surface area (Å²) in [5.41, 5.74) is 2.94. The number of benzene rings is 2. The summed E-state index contributed by atoms with van der Waals surface area (Å²) in [7, 11) is 0. The van der Waals surface area contributed by atoms with Gasteiger partial charge in [0.2, 0.25) is 6.79 Å². The first-order chi connectivity index (χ1) is 13.2. The number of nitrogens with zero attached hydrogens (tertiary/aromatic N) is 2. The summed E-state index contributed by atoms with van der Waals surface area (Å²) in [5.74, 6) is 1.33. The van der Waals surface area contributed by atoms with Gasteiger partial charge in [-0.15, -0.1) is 0 Å². The Morgan fingerprint density at radius 1 is 1.04 bits per heavy atom. The number of anilines is 3. The lowest BCUT2D eigenvalue weighted by atomic mass is 10.2. The summed E-state index contributed by atoms with van der Waals surface area (Å²) in [5, 5.41) is 3.26. The highest BCUT2D eigenvalue weighted by Gasteiger charge is 2.17. The Bertz CT molecular complexity index is 960. The average Bonchev–Trinajstić information content (AvgIpc) is 3.17. The Kier molecular flexibility index (Phi) is 4.61. The second kappa shape index (κ2) is 7.37. The lowest BCUT2D eigenvalue weighted by molar-refractivity contribution is 0.0988. The molecule has 0 unspecified atom stereocenters. The molecular weight excluding hydrogens is 342 g/mol. The zero-order chi connectivity index (χ0) is 18.6. The van der Waals surface area contributed by atoms with E-state index in [0.29, 0.717) is 17.9 Å². The van der Waals surface area contributed by atoms with Gasteiger partial charge in [-0.2, -0.15) is 0 Å². The van der Waals surface area contributed by atoms with Crippen molar-refractivity contribution in [3.05, 3.63) is 72.6 Å². The predicted octanol–water partition coefficient (Wildman–Crippen LogP) is 4.22. The Labute approximate surface area is 157 Å². The quantitative estimate of drug-likeness (QED) is 0.737. The van der Waals surface area contributed by atoms with Crippen LogP contribution in [-0.4, -0.2) is 24.2 Å². The molecule has 1 aliphatic heterocycles. The molecule has 1 aliphatic rings. The van der Waals surface area contributed by atoms with Gasteiger partial charge >= 0.3 is 0 Å². The van der Waals surface area contributed by atoms with Gasteiger partial charge in [0.05, 0.1) is 17.4 Å². The molecule has 1 amide bonds. The molecule has 0 radical (unpaired) electrons. The van der Waals surface area contributed by atoms with Crippen molar-refractivity contribution in [3.63, 3.8) is 0 Å². The molecule has 6 nitrogen and oxygen atoms in total. The minimum atomic E-state index is -0.0921. The highest BCUT2D eigenvalue weighted by atomic mass is 16.7. The lowest BCUT2D eigenvalue weighted by Crippen LogP contribution is -2.30. The fourth-order valence-corrected chi connectivity index (χ4v) is 2.97. The maximum atomic E-state index is 13.0. The highest BCUT2D eigenvalue weighted by Crippen LogP contribution is 2.35. The molecule has 6 heteroatoms. The van der Waals surface area contributed by atoms with Crippen LogP contribution in [0.2, 0.25) is 0 Å². The predicted molar refractivity (Wildman–Crippen MR) is 104 cm³/mol. The van der Waals surface area contributed by atoms with Gasteiger partial charge in [0.15, 0.2) is 11.5 Å². The number of ether oxygens (including phenoxy) is 2. The number of para-hydroxylation sites is 1. The SMILES string of the molecule is CCN(C(=O)c1cncc(Nc2ccc3c(c2)OCO3)c1)c1ccccc1. The van der Waals surface area contributed by atoms with Crippen LogP contribution < -0.4 is 19.7 Å². The first kappa shape index (κ1) is 16.9. The minimum absolute atomic E-state index is 0.0921. The van der Waals surface area contributed by atoms with E-state index >= 15 is 0 Å². The lowest BCUT2D eigenvalue weighted by Gasteiger charge is -2.21. The first-order valence-corrected chi connectivity index (χ1v) is 8.73. The van der Waals surface area contributed by atoms with Gasteiger partial charge in [0, 0.05) is 30.2 Å². The van der Waals surface area contributed by atoms with E-state index in [0.717, 1.165) is 22.8 Å². The smallest absolute Gasteiger partial charge is 0.259 e. The second-order valence-electron chi connectivity index (χ2n) is 6.04. The van der Waals surface area contributed by atoms with Crippen molar-refractivity contribution in [2.24, 2.45) is 0 Å². The van der Waals surface area contributed by atoms with Gasteiger partial charge in [0.25, 0.3) is 5.91 Å². The number of carbonyl (C=O) groups excluding carboxylic acids is 1. The van der Waals surface area contributed by atoms with Crippen molar-refractivity contribution in [2.75, 3.05) is 23.6 Å². The molecule has 0 spiro atoms. The average molecular weight is 361 g/mol. The molecule has 136 valence electrons. The van der Waals surface area contributed by atoms with Crippen LogP contribution in [0.4, 0.5) is 17.1 Å². The van der Waals surface area contributed by atoms with Crippen molar-refractivity contribution in [3.8, 4) is 11.5 Å². The third-order valence-electron chi connectivity index (χ3n) is 4.28. The largest absolute Gasteiger partial charge is 0.454 e. The molecule has 0 atom stereocenters. The molecule has 0 saturated carbocycles. The Balaban J connectivity index is 1.56. The Morgan fingerprint density at radius 3 is 2.67 bits per heavy atom. The summed E-state index contributed by atoms with van der Waals surface area (Å²) in [6.07, 6.45) is 3.26. The van der Waals surface area contributed by atoms with Gasteiger partial charge in [-0.1, -0.05) is 18.2 Å². The van der Waals surface area contributed by atoms with Crippen LogP contribution in [0.3, 0.4) is 0 Å².